The first kappa shape index (κ1) is 16.5. The molecule has 0 radical (unpaired) electrons. The highest BCUT2D eigenvalue weighted by Gasteiger charge is 2.04. The number of benzene rings is 3. The molecule has 0 aliphatic carbocycles. The van der Waals surface area contributed by atoms with Crippen molar-refractivity contribution in [3.63, 3.8) is 0 Å². The Bertz CT molecular complexity index is 797. The van der Waals surface area contributed by atoms with Gasteiger partial charge in [-0.1, -0.05) is 90.0 Å². The average molecular weight is 333 g/mol. The van der Waals surface area contributed by atoms with Crippen molar-refractivity contribution < 1.29 is 0 Å². The molecule has 0 saturated heterocycles. The van der Waals surface area contributed by atoms with Crippen LogP contribution in [-0.2, 0) is 6.42 Å². The van der Waals surface area contributed by atoms with Gasteiger partial charge in [0.1, 0.15) is 0 Å². The molecule has 0 atom stereocenters. The zero-order valence-corrected chi connectivity index (χ0v) is 14.6. The van der Waals surface area contributed by atoms with Gasteiger partial charge in [-0.3, -0.25) is 0 Å². The van der Waals surface area contributed by atoms with E-state index < -0.39 is 0 Å². The summed E-state index contributed by atoms with van der Waals surface area (Å²) in [5, 5.41) is 0.769. The first-order valence-corrected chi connectivity index (χ1v) is 8.67. The second-order valence-corrected chi connectivity index (χ2v) is 6.45. The number of aryl methyl sites for hydroxylation is 2. The van der Waals surface area contributed by atoms with Crippen LogP contribution in [0.1, 0.15) is 28.7 Å². The van der Waals surface area contributed by atoms with E-state index in [1.165, 1.54) is 27.8 Å². The van der Waals surface area contributed by atoms with Crippen LogP contribution in [0.15, 0.2) is 84.9 Å². The molecule has 0 fully saturated rings. The van der Waals surface area contributed by atoms with E-state index in [9.17, 15) is 0 Å². The molecule has 3 aromatic carbocycles. The predicted molar refractivity (Wildman–Crippen MR) is 104 cm³/mol. The topological polar surface area (TPSA) is 0 Å². The number of rotatable bonds is 5. The number of allylic oxidation sites excluding steroid dienone is 1. The lowest BCUT2D eigenvalue weighted by Gasteiger charge is -2.09. The Balaban J connectivity index is 1.84. The maximum Gasteiger partial charge on any atom is 0.0406 e. The monoisotopic (exact) mass is 332 g/mol. The highest BCUT2D eigenvalue weighted by Crippen LogP contribution is 2.25. The molecule has 0 unspecified atom stereocenters. The largest absolute Gasteiger partial charge is 0.0843 e. The Hall–Kier alpha value is -2.31. The molecule has 0 aliphatic heterocycles. The lowest BCUT2D eigenvalue weighted by atomic mass is 9.96. The van der Waals surface area contributed by atoms with Gasteiger partial charge < -0.3 is 0 Å². The minimum atomic E-state index is 0.769. The van der Waals surface area contributed by atoms with E-state index in [4.69, 9.17) is 11.6 Å². The zero-order chi connectivity index (χ0) is 16.8. The van der Waals surface area contributed by atoms with Crippen LogP contribution >= 0.6 is 11.6 Å². The first-order chi connectivity index (χ1) is 11.7. The normalized spacial score (nSPS) is 11.5. The van der Waals surface area contributed by atoms with E-state index >= 15 is 0 Å². The molecular formula is C23H21Cl. The summed E-state index contributed by atoms with van der Waals surface area (Å²) in [6.45, 7) is 2.12. The van der Waals surface area contributed by atoms with Crippen molar-refractivity contribution in [3.8, 4) is 0 Å². The maximum atomic E-state index is 6.04. The summed E-state index contributed by atoms with van der Waals surface area (Å²) < 4.78 is 0. The van der Waals surface area contributed by atoms with Gasteiger partial charge >= 0.3 is 0 Å². The van der Waals surface area contributed by atoms with Gasteiger partial charge in [0.05, 0.1) is 0 Å². The van der Waals surface area contributed by atoms with Gasteiger partial charge in [-0.05, 0) is 54.2 Å². The van der Waals surface area contributed by atoms with Crippen LogP contribution in [-0.4, -0.2) is 0 Å². The fraction of sp³-hybridized carbons (Fsp3) is 0.130. The smallest absolute Gasteiger partial charge is 0.0406 e. The van der Waals surface area contributed by atoms with Gasteiger partial charge in [0.15, 0.2) is 0 Å². The molecule has 0 nitrogen and oxygen atoms in total. The Labute approximate surface area is 149 Å². The van der Waals surface area contributed by atoms with Crippen molar-refractivity contribution in [3.05, 3.63) is 112 Å². The summed E-state index contributed by atoms with van der Waals surface area (Å²) in [7, 11) is 0. The molecule has 0 saturated carbocycles. The van der Waals surface area contributed by atoms with Crippen molar-refractivity contribution in [1.82, 2.24) is 0 Å². The van der Waals surface area contributed by atoms with Crippen LogP contribution in [0.3, 0.4) is 0 Å². The van der Waals surface area contributed by atoms with E-state index in [-0.39, 0.29) is 0 Å². The van der Waals surface area contributed by atoms with Crippen molar-refractivity contribution >= 4 is 17.2 Å². The summed E-state index contributed by atoms with van der Waals surface area (Å²) >= 11 is 6.04. The number of hydrogen-bond acceptors (Lipinski definition) is 0. The second-order valence-electron chi connectivity index (χ2n) is 6.01. The number of hydrogen-bond donors (Lipinski definition) is 0. The van der Waals surface area contributed by atoms with Gasteiger partial charge in [-0.25, -0.2) is 0 Å². The maximum absolute atomic E-state index is 6.04. The van der Waals surface area contributed by atoms with Gasteiger partial charge in [0.2, 0.25) is 0 Å². The Morgan fingerprint density at radius 2 is 1.42 bits per heavy atom. The molecule has 0 aromatic heterocycles. The zero-order valence-electron chi connectivity index (χ0n) is 13.9. The Kier molecular flexibility index (Phi) is 5.51. The molecule has 1 heteroatoms. The van der Waals surface area contributed by atoms with E-state index in [1.54, 1.807) is 0 Å². The minimum Gasteiger partial charge on any atom is -0.0843 e. The fourth-order valence-electron chi connectivity index (χ4n) is 2.79. The number of halogens is 1. The van der Waals surface area contributed by atoms with Crippen LogP contribution < -0.4 is 0 Å². The van der Waals surface area contributed by atoms with Crippen LogP contribution in [0.4, 0.5) is 0 Å². The molecule has 0 amide bonds. The van der Waals surface area contributed by atoms with Gasteiger partial charge in [-0.2, -0.15) is 0 Å². The molecule has 0 heterocycles. The molecule has 120 valence electrons. The third-order valence-corrected chi connectivity index (χ3v) is 4.39. The van der Waals surface area contributed by atoms with Crippen molar-refractivity contribution in [1.29, 1.82) is 0 Å². The molecule has 0 spiro atoms. The first-order valence-electron chi connectivity index (χ1n) is 8.29. The van der Waals surface area contributed by atoms with E-state index in [0.29, 0.717) is 0 Å². The quantitative estimate of drug-likeness (QED) is 0.487. The molecule has 0 N–H and O–H groups in total. The van der Waals surface area contributed by atoms with Crippen LogP contribution in [0.25, 0.3) is 5.57 Å². The molecule has 0 bridgehead atoms. The molecular weight excluding hydrogens is 312 g/mol. The lowest BCUT2D eigenvalue weighted by molar-refractivity contribution is 1.00. The van der Waals surface area contributed by atoms with Gasteiger partial charge in [0, 0.05) is 5.02 Å². The van der Waals surface area contributed by atoms with E-state index in [1.807, 2.05) is 12.1 Å². The third-order valence-electron chi connectivity index (χ3n) is 4.14. The van der Waals surface area contributed by atoms with E-state index in [2.05, 4.69) is 79.7 Å². The fourth-order valence-corrected chi connectivity index (χ4v) is 2.91. The lowest BCUT2D eigenvalue weighted by Crippen LogP contribution is -1.90. The predicted octanol–water partition coefficient (Wildman–Crippen LogP) is 6.71. The van der Waals surface area contributed by atoms with Crippen molar-refractivity contribution in [2.24, 2.45) is 0 Å². The minimum absolute atomic E-state index is 0.769. The van der Waals surface area contributed by atoms with Crippen LogP contribution in [0.2, 0.25) is 5.02 Å². The summed E-state index contributed by atoms with van der Waals surface area (Å²) in [5.41, 5.74) is 6.39. The van der Waals surface area contributed by atoms with Crippen LogP contribution in [0.5, 0.6) is 0 Å². The Morgan fingerprint density at radius 3 is 2.08 bits per heavy atom. The highest BCUT2D eigenvalue weighted by molar-refractivity contribution is 6.30. The Morgan fingerprint density at radius 1 is 0.792 bits per heavy atom. The summed E-state index contributed by atoms with van der Waals surface area (Å²) in [6, 6.07) is 27.4. The van der Waals surface area contributed by atoms with Gasteiger partial charge in [-0.15, -0.1) is 0 Å². The molecule has 3 aromatic rings. The average Bonchev–Trinajstić information content (AvgIpc) is 2.62. The van der Waals surface area contributed by atoms with Crippen molar-refractivity contribution in [2.45, 2.75) is 19.8 Å². The molecule has 24 heavy (non-hydrogen) atoms. The van der Waals surface area contributed by atoms with Crippen molar-refractivity contribution in [2.75, 3.05) is 0 Å². The highest BCUT2D eigenvalue weighted by atomic mass is 35.5. The standard InChI is InChI=1S/C23H21Cl/c1-18-10-12-19(13-11-18)6-5-9-23(20-7-3-2-4-8-20)21-14-16-22(24)17-15-21/h2-4,7-17H,5-6H2,1H3. The van der Waals surface area contributed by atoms with E-state index in [0.717, 1.165) is 17.9 Å². The SMILES string of the molecule is Cc1ccc(CCC=C(c2ccccc2)c2ccc(Cl)cc2)cc1. The van der Waals surface area contributed by atoms with Gasteiger partial charge in [0.25, 0.3) is 0 Å². The summed E-state index contributed by atoms with van der Waals surface area (Å²) in [5.74, 6) is 0. The molecule has 3 rings (SSSR count). The molecule has 0 aliphatic rings. The summed E-state index contributed by atoms with van der Waals surface area (Å²) in [4.78, 5) is 0. The summed E-state index contributed by atoms with van der Waals surface area (Å²) in [6.07, 6.45) is 4.39. The second kappa shape index (κ2) is 7.99. The third kappa shape index (κ3) is 4.37. The van der Waals surface area contributed by atoms with Crippen LogP contribution in [0, 0.1) is 6.92 Å².